The summed E-state index contributed by atoms with van der Waals surface area (Å²) in [4.78, 5) is 2.22. The van der Waals surface area contributed by atoms with Crippen molar-refractivity contribution in [2.24, 2.45) is 11.8 Å². The van der Waals surface area contributed by atoms with Gasteiger partial charge in [0, 0.05) is 19.1 Å². The standard InChI is InChI=1S/C14H25N3O/c1-2-16-13-7-11(8-14(18)12-3-4-12)9-17(10-13)6-5-15/h11-14,16,18H,2-4,6-10H2,1H3. The maximum absolute atomic E-state index is 10.1. The number of aliphatic hydroxyl groups is 1. The van der Waals surface area contributed by atoms with E-state index in [0.29, 0.717) is 24.4 Å². The third-order valence-corrected chi connectivity index (χ3v) is 4.14. The fraction of sp³-hybridized carbons (Fsp3) is 0.929. The van der Waals surface area contributed by atoms with Crippen LogP contribution in [0.15, 0.2) is 0 Å². The van der Waals surface area contributed by atoms with E-state index in [2.05, 4.69) is 23.2 Å². The number of hydrogen-bond acceptors (Lipinski definition) is 4. The van der Waals surface area contributed by atoms with Crippen LogP contribution in [0.5, 0.6) is 0 Å². The number of piperidine rings is 1. The van der Waals surface area contributed by atoms with Crippen molar-refractivity contribution >= 4 is 0 Å². The van der Waals surface area contributed by atoms with Gasteiger partial charge < -0.3 is 10.4 Å². The van der Waals surface area contributed by atoms with Gasteiger partial charge in [-0.1, -0.05) is 6.92 Å². The minimum Gasteiger partial charge on any atom is -0.393 e. The van der Waals surface area contributed by atoms with Crippen LogP contribution in [0.3, 0.4) is 0 Å². The molecule has 0 aromatic rings. The average molecular weight is 251 g/mol. The Morgan fingerprint density at radius 3 is 2.83 bits per heavy atom. The van der Waals surface area contributed by atoms with E-state index < -0.39 is 0 Å². The highest BCUT2D eigenvalue weighted by Crippen LogP contribution is 2.36. The molecule has 2 N–H and O–H groups in total. The summed E-state index contributed by atoms with van der Waals surface area (Å²) in [5.41, 5.74) is 0. The first-order chi connectivity index (χ1) is 8.72. The molecule has 1 aliphatic heterocycles. The van der Waals surface area contributed by atoms with Crippen LogP contribution < -0.4 is 5.32 Å². The van der Waals surface area contributed by atoms with E-state index in [4.69, 9.17) is 5.26 Å². The first-order valence-corrected chi connectivity index (χ1v) is 7.23. The molecule has 0 radical (unpaired) electrons. The summed E-state index contributed by atoms with van der Waals surface area (Å²) in [6, 6.07) is 2.72. The fourth-order valence-corrected chi connectivity index (χ4v) is 3.15. The number of hydrogen-bond donors (Lipinski definition) is 2. The van der Waals surface area contributed by atoms with Crippen molar-refractivity contribution in [2.75, 3.05) is 26.2 Å². The van der Waals surface area contributed by atoms with Crippen molar-refractivity contribution in [3.8, 4) is 6.07 Å². The Hall–Kier alpha value is -0.630. The molecule has 3 unspecified atom stereocenters. The largest absolute Gasteiger partial charge is 0.393 e. The highest BCUT2D eigenvalue weighted by Gasteiger charge is 2.34. The van der Waals surface area contributed by atoms with Gasteiger partial charge in [-0.3, -0.25) is 4.90 Å². The average Bonchev–Trinajstić information content (AvgIpc) is 3.13. The van der Waals surface area contributed by atoms with Gasteiger partial charge in [0.1, 0.15) is 0 Å². The lowest BCUT2D eigenvalue weighted by atomic mass is 9.88. The Balaban J connectivity index is 1.85. The summed E-state index contributed by atoms with van der Waals surface area (Å²) in [7, 11) is 0. The molecule has 2 rings (SSSR count). The number of likely N-dealkylation sites (N-methyl/N-ethyl adjacent to an activating group) is 1. The van der Waals surface area contributed by atoms with Crippen LogP contribution in [0.25, 0.3) is 0 Å². The van der Waals surface area contributed by atoms with Crippen molar-refractivity contribution < 1.29 is 5.11 Å². The molecule has 0 spiro atoms. The molecule has 1 saturated carbocycles. The molecule has 3 atom stereocenters. The number of nitrogens with one attached hydrogen (secondary N) is 1. The van der Waals surface area contributed by atoms with E-state index in [1.165, 1.54) is 12.8 Å². The van der Waals surface area contributed by atoms with Crippen molar-refractivity contribution in [2.45, 2.75) is 44.8 Å². The Morgan fingerprint density at radius 2 is 2.22 bits per heavy atom. The Morgan fingerprint density at radius 1 is 1.44 bits per heavy atom. The van der Waals surface area contributed by atoms with E-state index in [0.717, 1.165) is 32.5 Å². The second-order valence-corrected chi connectivity index (χ2v) is 5.85. The van der Waals surface area contributed by atoms with Crippen LogP contribution in [0.4, 0.5) is 0 Å². The molecular weight excluding hydrogens is 226 g/mol. The third kappa shape index (κ3) is 3.94. The molecule has 102 valence electrons. The fourth-order valence-electron chi connectivity index (χ4n) is 3.15. The number of nitrogens with zero attached hydrogens (tertiary/aromatic N) is 2. The second-order valence-electron chi connectivity index (χ2n) is 5.85. The molecule has 2 aliphatic rings. The van der Waals surface area contributed by atoms with E-state index in [1.54, 1.807) is 0 Å². The maximum atomic E-state index is 10.1. The normalized spacial score (nSPS) is 30.9. The van der Waals surface area contributed by atoms with E-state index in [9.17, 15) is 5.11 Å². The van der Waals surface area contributed by atoms with Crippen molar-refractivity contribution in [1.29, 1.82) is 5.26 Å². The predicted molar refractivity (Wildman–Crippen MR) is 71.0 cm³/mol. The van der Waals surface area contributed by atoms with Crippen molar-refractivity contribution in [3.63, 3.8) is 0 Å². The number of rotatable bonds is 6. The van der Waals surface area contributed by atoms with Gasteiger partial charge in [-0.05, 0) is 44.1 Å². The second kappa shape index (κ2) is 6.51. The Labute approximate surface area is 110 Å². The lowest BCUT2D eigenvalue weighted by Gasteiger charge is -2.37. The minimum atomic E-state index is -0.112. The number of aliphatic hydroxyl groups excluding tert-OH is 1. The molecule has 0 amide bonds. The summed E-state index contributed by atoms with van der Waals surface area (Å²) < 4.78 is 0. The molecule has 18 heavy (non-hydrogen) atoms. The summed E-state index contributed by atoms with van der Waals surface area (Å²) in [5.74, 6) is 1.10. The van der Waals surface area contributed by atoms with Gasteiger partial charge in [0.05, 0.1) is 18.7 Å². The minimum absolute atomic E-state index is 0.112. The van der Waals surface area contributed by atoms with Crippen LogP contribution in [0.1, 0.15) is 32.6 Å². The van der Waals surface area contributed by atoms with Crippen LogP contribution >= 0.6 is 0 Å². The first-order valence-electron chi connectivity index (χ1n) is 7.23. The first kappa shape index (κ1) is 13.8. The lowest BCUT2D eigenvalue weighted by Crippen LogP contribution is -2.49. The van der Waals surface area contributed by atoms with Gasteiger partial charge >= 0.3 is 0 Å². The van der Waals surface area contributed by atoms with Gasteiger partial charge in [-0.25, -0.2) is 0 Å². The van der Waals surface area contributed by atoms with Crippen LogP contribution in [0, 0.1) is 23.2 Å². The maximum Gasteiger partial charge on any atom is 0.0866 e. The zero-order valence-electron chi connectivity index (χ0n) is 11.3. The topological polar surface area (TPSA) is 59.3 Å². The third-order valence-electron chi connectivity index (χ3n) is 4.14. The summed E-state index contributed by atoms with van der Waals surface area (Å²) in [5, 5.41) is 22.4. The van der Waals surface area contributed by atoms with Gasteiger partial charge in [0.15, 0.2) is 0 Å². The predicted octanol–water partition coefficient (Wildman–Crippen LogP) is 0.971. The molecule has 2 fully saturated rings. The molecule has 4 nitrogen and oxygen atoms in total. The molecule has 4 heteroatoms. The summed E-state index contributed by atoms with van der Waals surface area (Å²) >= 11 is 0. The highest BCUT2D eigenvalue weighted by atomic mass is 16.3. The van der Waals surface area contributed by atoms with Gasteiger partial charge in [-0.15, -0.1) is 0 Å². The van der Waals surface area contributed by atoms with E-state index in [-0.39, 0.29) is 6.10 Å². The zero-order valence-corrected chi connectivity index (χ0v) is 11.3. The summed E-state index contributed by atoms with van der Waals surface area (Å²) in [6.45, 7) is 5.55. The van der Waals surface area contributed by atoms with E-state index >= 15 is 0 Å². The SMILES string of the molecule is CCNC1CC(CC(O)C2CC2)CN(CC#N)C1. The Kier molecular flexibility index (Phi) is 4.99. The molecular formula is C14H25N3O. The van der Waals surface area contributed by atoms with Crippen LogP contribution in [-0.2, 0) is 0 Å². The monoisotopic (exact) mass is 251 g/mol. The molecule has 0 aromatic carbocycles. The number of nitriles is 1. The van der Waals surface area contributed by atoms with Crippen molar-refractivity contribution in [3.05, 3.63) is 0 Å². The van der Waals surface area contributed by atoms with Gasteiger partial charge in [-0.2, -0.15) is 5.26 Å². The van der Waals surface area contributed by atoms with Crippen LogP contribution in [-0.4, -0.2) is 48.3 Å². The quantitative estimate of drug-likeness (QED) is 0.691. The van der Waals surface area contributed by atoms with Crippen molar-refractivity contribution in [1.82, 2.24) is 10.2 Å². The van der Waals surface area contributed by atoms with Crippen LogP contribution in [0.2, 0.25) is 0 Å². The highest BCUT2D eigenvalue weighted by molar-refractivity contribution is 4.90. The Bertz CT molecular complexity index is 298. The number of likely N-dealkylation sites (tertiary alicyclic amines) is 1. The molecule has 1 heterocycles. The molecule has 1 aliphatic carbocycles. The van der Waals surface area contributed by atoms with Gasteiger partial charge in [0.2, 0.25) is 0 Å². The zero-order chi connectivity index (χ0) is 13.0. The molecule has 0 aromatic heterocycles. The molecule has 1 saturated heterocycles. The smallest absolute Gasteiger partial charge is 0.0866 e. The summed E-state index contributed by atoms with van der Waals surface area (Å²) in [6.07, 6.45) is 4.34. The van der Waals surface area contributed by atoms with E-state index in [1.807, 2.05) is 0 Å². The molecule has 0 bridgehead atoms. The van der Waals surface area contributed by atoms with Gasteiger partial charge in [0.25, 0.3) is 0 Å². The lowest BCUT2D eigenvalue weighted by molar-refractivity contribution is 0.0800.